The fourth-order valence-corrected chi connectivity index (χ4v) is 2.53. The molecule has 1 amide bonds. The molecule has 2 aromatic carbocycles. The molecule has 0 aromatic heterocycles. The van der Waals surface area contributed by atoms with Crippen LogP contribution in [0.25, 0.3) is 6.08 Å². The van der Waals surface area contributed by atoms with Gasteiger partial charge in [0.15, 0.2) is 0 Å². The van der Waals surface area contributed by atoms with Crippen molar-refractivity contribution in [3.63, 3.8) is 0 Å². The van der Waals surface area contributed by atoms with Gasteiger partial charge in [0.05, 0.1) is 5.69 Å². The van der Waals surface area contributed by atoms with Crippen LogP contribution < -0.4 is 10.1 Å². The number of amides is 1. The Morgan fingerprint density at radius 1 is 1.29 bits per heavy atom. The largest absolute Gasteiger partial charge is 0.488 e. The molecule has 0 fully saturated rings. The lowest BCUT2D eigenvalue weighted by Gasteiger charge is -2.16. The van der Waals surface area contributed by atoms with E-state index in [2.05, 4.69) is 5.32 Å². The van der Waals surface area contributed by atoms with Crippen LogP contribution in [0.4, 0.5) is 10.1 Å². The third-order valence-electron chi connectivity index (χ3n) is 3.54. The molecular formula is C19H15ClFNO2. The monoisotopic (exact) mass is 343 g/mol. The Morgan fingerprint density at radius 3 is 2.96 bits per heavy atom. The predicted octanol–water partition coefficient (Wildman–Crippen LogP) is 4.76. The van der Waals surface area contributed by atoms with Crippen LogP contribution >= 0.6 is 11.6 Å². The number of fused-ring (bicyclic) bond motifs is 1. The Morgan fingerprint density at radius 2 is 2.12 bits per heavy atom. The van der Waals surface area contributed by atoms with Crippen molar-refractivity contribution < 1.29 is 13.9 Å². The van der Waals surface area contributed by atoms with Gasteiger partial charge in [0.2, 0.25) is 5.91 Å². The van der Waals surface area contributed by atoms with Gasteiger partial charge in [0, 0.05) is 16.7 Å². The van der Waals surface area contributed by atoms with Crippen LogP contribution in [0.15, 0.2) is 54.1 Å². The Hall–Kier alpha value is -2.59. The highest BCUT2D eigenvalue weighted by Gasteiger charge is 2.10. The molecule has 0 spiro atoms. The first kappa shape index (κ1) is 16.3. The summed E-state index contributed by atoms with van der Waals surface area (Å²) in [5, 5.41) is 3.15. The molecule has 1 N–H and O–H groups in total. The van der Waals surface area contributed by atoms with Gasteiger partial charge in [-0.15, -0.1) is 0 Å². The molecule has 24 heavy (non-hydrogen) atoms. The van der Waals surface area contributed by atoms with Gasteiger partial charge in [-0.3, -0.25) is 4.79 Å². The molecule has 0 unspecified atom stereocenters. The summed E-state index contributed by atoms with van der Waals surface area (Å²) in [4.78, 5) is 12.0. The molecule has 1 heterocycles. The SMILES string of the molecule is Cc1ccc(F)c(NC(=O)/C=C/C2=Cc3cc(Cl)ccc3OC2)c1. The first-order valence-electron chi connectivity index (χ1n) is 7.39. The van der Waals surface area contributed by atoms with E-state index in [1.807, 2.05) is 19.1 Å². The molecule has 0 aliphatic carbocycles. The van der Waals surface area contributed by atoms with E-state index in [1.54, 1.807) is 30.3 Å². The lowest BCUT2D eigenvalue weighted by molar-refractivity contribution is -0.111. The topological polar surface area (TPSA) is 38.3 Å². The van der Waals surface area contributed by atoms with E-state index < -0.39 is 11.7 Å². The summed E-state index contributed by atoms with van der Waals surface area (Å²) in [5.74, 6) is -0.119. The number of carbonyl (C=O) groups is 1. The van der Waals surface area contributed by atoms with Crippen molar-refractivity contribution in [1.82, 2.24) is 0 Å². The fraction of sp³-hybridized carbons (Fsp3) is 0.105. The van der Waals surface area contributed by atoms with E-state index in [-0.39, 0.29) is 5.69 Å². The number of anilines is 1. The van der Waals surface area contributed by atoms with Crippen molar-refractivity contribution in [3.8, 4) is 5.75 Å². The van der Waals surface area contributed by atoms with Crippen LogP contribution in [-0.2, 0) is 4.79 Å². The van der Waals surface area contributed by atoms with Gasteiger partial charge in [-0.1, -0.05) is 23.7 Å². The molecule has 2 aromatic rings. The molecule has 1 aliphatic rings. The zero-order valence-corrected chi connectivity index (χ0v) is 13.7. The van der Waals surface area contributed by atoms with Crippen LogP contribution in [0.2, 0.25) is 5.02 Å². The summed E-state index contributed by atoms with van der Waals surface area (Å²) >= 11 is 5.97. The molecule has 0 saturated carbocycles. The van der Waals surface area contributed by atoms with Gasteiger partial charge in [0.1, 0.15) is 18.2 Å². The highest BCUT2D eigenvalue weighted by Crippen LogP contribution is 2.29. The minimum Gasteiger partial charge on any atom is -0.488 e. The zero-order chi connectivity index (χ0) is 17.1. The second-order valence-electron chi connectivity index (χ2n) is 5.50. The first-order valence-corrected chi connectivity index (χ1v) is 7.77. The van der Waals surface area contributed by atoms with Crippen molar-refractivity contribution in [2.45, 2.75) is 6.92 Å². The number of nitrogens with one attached hydrogen (secondary N) is 1. The molecule has 0 saturated heterocycles. The van der Waals surface area contributed by atoms with Crippen molar-refractivity contribution in [2.75, 3.05) is 11.9 Å². The minimum atomic E-state index is -0.467. The molecule has 0 radical (unpaired) electrons. The van der Waals surface area contributed by atoms with Gasteiger partial charge >= 0.3 is 0 Å². The molecule has 3 nitrogen and oxygen atoms in total. The van der Waals surface area contributed by atoms with Crippen LogP contribution in [0, 0.1) is 12.7 Å². The van der Waals surface area contributed by atoms with Gasteiger partial charge in [-0.25, -0.2) is 4.39 Å². The van der Waals surface area contributed by atoms with E-state index in [1.165, 1.54) is 12.1 Å². The number of rotatable bonds is 3. The minimum absolute atomic E-state index is 0.163. The fourth-order valence-electron chi connectivity index (χ4n) is 2.35. The summed E-state index contributed by atoms with van der Waals surface area (Å²) in [6.07, 6.45) is 4.90. The maximum absolute atomic E-state index is 13.6. The predicted molar refractivity (Wildman–Crippen MR) is 93.8 cm³/mol. The van der Waals surface area contributed by atoms with Crippen molar-refractivity contribution in [1.29, 1.82) is 0 Å². The molecule has 0 bridgehead atoms. The normalized spacial score (nSPS) is 13.2. The van der Waals surface area contributed by atoms with E-state index in [0.29, 0.717) is 11.6 Å². The standard InChI is InChI=1S/C19H15ClFNO2/c1-12-2-5-16(21)17(8-12)22-19(23)7-3-13-9-14-10-15(20)4-6-18(14)24-11-13/h2-10H,11H2,1H3,(H,22,23)/b7-3+. The van der Waals surface area contributed by atoms with Gasteiger partial charge in [-0.2, -0.15) is 0 Å². The zero-order valence-electron chi connectivity index (χ0n) is 13.0. The number of benzene rings is 2. The lowest BCUT2D eigenvalue weighted by atomic mass is 10.1. The summed E-state index contributed by atoms with van der Waals surface area (Å²) in [7, 11) is 0. The highest BCUT2D eigenvalue weighted by atomic mass is 35.5. The van der Waals surface area contributed by atoms with Crippen LogP contribution in [0.3, 0.4) is 0 Å². The van der Waals surface area contributed by atoms with E-state index in [0.717, 1.165) is 22.4 Å². The molecular weight excluding hydrogens is 329 g/mol. The molecule has 0 atom stereocenters. The maximum Gasteiger partial charge on any atom is 0.248 e. The Bertz CT molecular complexity index is 858. The smallest absolute Gasteiger partial charge is 0.248 e. The third kappa shape index (κ3) is 3.84. The second kappa shape index (κ2) is 6.89. The number of hydrogen-bond acceptors (Lipinski definition) is 2. The van der Waals surface area contributed by atoms with Crippen molar-refractivity contribution in [2.24, 2.45) is 0 Å². The van der Waals surface area contributed by atoms with Crippen molar-refractivity contribution >= 4 is 29.3 Å². The maximum atomic E-state index is 13.6. The third-order valence-corrected chi connectivity index (χ3v) is 3.77. The van der Waals surface area contributed by atoms with E-state index >= 15 is 0 Å². The van der Waals surface area contributed by atoms with E-state index in [9.17, 15) is 9.18 Å². The number of carbonyl (C=O) groups excluding carboxylic acids is 1. The summed E-state index contributed by atoms with van der Waals surface area (Å²) < 4.78 is 19.3. The Labute approximate surface area is 144 Å². The van der Waals surface area contributed by atoms with E-state index in [4.69, 9.17) is 16.3 Å². The molecule has 1 aliphatic heterocycles. The summed E-state index contributed by atoms with van der Waals surface area (Å²) in [5.41, 5.74) is 2.71. The number of halogens is 2. The van der Waals surface area contributed by atoms with Gasteiger partial charge in [-0.05, 0) is 54.5 Å². The molecule has 122 valence electrons. The van der Waals surface area contributed by atoms with Crippen LogP contribution in [0.5, 0.6) is 5.75 Å². The quantitative estimate of drug-likeness (QED) is 0.816. The first-order chi connectivity index (χ1) is 11.5. The molecule has 3 rings (SSSR count). The Balaban J connectivity index is 1.72. The average Bonchev–Trinajstić information content (AvgIpc) is 2.56. The number of hydrogen-bond donors (Lipinski definition) is 1. The second-order valence-corrected chi connectivity index (χ2v) is 5.93. The summed E-state index contributed by atoms with van der Waals surface area (Å²) in [6.45, 7) is 2.19. The average molecular weight is 344 g/mol. The summed E-state index contributed by atoms with van der Waals surface area (Å²) in [6, 6.07) is 9.93. The number of aryl methyl sites for hydroxylation is 1. The Kier molecular flexibility index (Phi) is 4.67. The van der Waals surface area contributed by atoms with Crippen LogP contribution in [0.1, 0.15) is 11.1 Å². The van der Waals surface area contributed by atoms with Gasteiger partial charge < -0.3 is 10.1 Å². The van der Waals surface area contributed by atoms with Gasteiger partial charge in [0.25, 0.3) is 0 Å². The van der Waals surface area contributed by atoms with Crippen LogP contribution in [-0.4, -0.2) is 12.5 Å². The number of ether oxygens (including phenoxy) is 1. The lowest BCUT2D eigenvalue weighted by Crippen LogP contribution is -2.11. The van der Waals surface area contributed by atoms with Crippen molar-refractivity contribution in [3.05, 3.63) is 76.1 Å². The molecule has 5 heteroatoms. The highest BCUT2D eigenvalue weighted by molar-refractivity contribution is 6.30.